The van der Waals surface area contributed by atoms with Gasteiger partial charge in [-0.25, -0.2) is 0 Å². The van der Waals surface area contributed by atoms with E-state index in [1.54, 1.807) is 50.6 Å². The largest absolute Gasteiger partial charge is 0.497 e. The van der Waals surface area contributed by atoms with Crippen LogP contribution in [0.2, 0.25) is 0 Å². The van der Waals surface area contributed by atoms with E-state index in [9.17, 15) is 9.59 Å². The molecule has 0 heterocycles. The number of methoxy groups -OCH3 is 2. The Bertz CT molecular complexity index is 758. The average molecular weight is 414 g/mol. The molecule has 0 aromatic heterocycles. The standard InChI is InChI=1S/C23H31N3O4/c1-26(14-6-12-24-22(27)18-8-4-10-20(16-18)29-2)15-7-13-25-23(28)19-9-5-11-21(17-19)30-3/h4-5,8-11,16-17H,6-7,12-15H2,1-3H3,(H,24,27)(H,25,28). The van der Waals surface area contributed by atoms with Crippen LogP contribution in [0.5, 0.6) is 11.5 Å². The highest BCUT2D eigenvalue weighted by molar-refractivity contribution is 5.95. The van der Waals surface area contributed by atoms with Crippen molar-refractivity contribution in [1.82, 2.24) is 15.5 Å². The highest BCUT2D eigenvalue weighted by atomic mass is 16.5. The monoisotopic (exact) mass is 413 g/mol. The number of carbonyl (C=O) groups is 2. The van der Waals surface area contributed by atoms with Crippen molar-refractivity contribution in [2.45, 2.75) is 12.8 Å². The second-order valence-electron chi connectivity index (χ2n) is 6.99. The molecule has 7 nitrogen and oxygen atoms in total. The molecular formula is C23H31N3O4. The van der Waals surface area contributed by atoms with E-state index in [1.165, 1.54) is 0 Å². The minimum absolute atomic E-state index is 0.100. The zero-order valence-electron chi connectivity index (χ0n) is 17.9. The van der Waals surface area contributed by atoms with Gasteiger partial charge in [-0.3, -0.25) is 9.59 Å². The van der Waals surface area contributed by atoms with Gasteiger partial charge in [0.1, 0.15) is 11.5 Å². The Hall–Kier alpha value is -3.06. The lowest BCUT2D eigenvalue weighted by Gasteiger charge is -2.17. The Kier molecular flexibility index (Phi) is 9.67. The van der Waals surface area contributed by atoms with Crippen molar-refractivity contribution < 1.29 is 19.1 Å². The molecule has 0 aliphatic carbocycles. The Morgan fingerprint density at radius 2 is 1.23 bits per heavy atom. The molecule has 2 N–H and O–H groups in total. The number of nitrogens with one attached hydrogen (secondary N) is 2. The summed E-state index contributed by atoms with van der Waals surface area (Å²) in [5.74, 6) is 1.13. The van der Waals surface area contributed by atoms with Crippen molar-refractivity contribution in [3.63, 3.8) is 0 Å². The normalized spacial score (nSPS) is 10.5. The van der Waals surface area contributed by atoms with Gasteiger partial charge in [-0.2, -0.15) is 0 Å². The number of hydrogen-bond donors (Lipinski definition) is 2. The fourth-order valence-electron chi connectivity index (χ4n) is 2.95. The molecule has 2 aromatic rings. The Balaban J connectivity index is 1.58. The molecule has 0 saturated heterocycles. The SMILES string of the molecule is COc1cccc(C(=O)NCCCN(C)CCCNC(=O)c2cccc(OC)c2)c1. The maximum Gasteiger partial charge on any atom is 0.251 e. The first-order chi connectivity index (χ1) is 14.5. The van der Waals surface area contributed by atoms with Crippen molar-refractivity contribution in [2.75, 3.05) is 47.4 Å². The van der Waals surface area contributed by atoms with E-state index in [1.807, 2.05) is 19.2 Å². The van der Waals surface area contributed by atoms with E-state index < -0.39 is 0 Å². The van der Waals surface area contributed by atoms with E-state index >= 15 is 0 Å². The molecule has 0 unspecified atom stereocenters. The van der Waals surface area contributed by atoms with Crippen molar-refractivity contribution in [2.24, 2.45) is 0 Å². The number of benzene rings is 2. The van der Waals surface area contributed by atoms with Gasteiger partial charge in [-0.05, 0) is 69.4 Å². The van der Waals surface area contributed by atoms with E-state index in [0.717, 1.165) is 25.9 Å². The van der Waals surface area contributed by atoms with E-state index in [0.29, 0.717) is 35.7 Å². The van der Waals surface area contributed by atoms with Crippen LogP contribution in [0.3, 0.4) is 0 Å². The van der Waals surface area contributed by atoms with Crippen LogP contribution in [0.4, 0.5) is 0 Å². The molecule has 2 aromatic carbocycles. The number of carbonyl (C=O) groups excluding carboxylic acids is 2. The first kappa shape index (κ1) is 23.2. The Morgan fingerprint density at radius 3 is 1.63 bits per heavy atom. The maximum atomic E-state index is 12.2. The first-order valence-electron chi connectivity index (χ1n) is 10.1. The second kappa shape index (κ2) is 12.5. The van der Waals surface area contributed by atoms with Crippen LogP contribution in [0.25, 0.3) is 0 Å². The lowest BCUT2D eigenvalue weighted by atomic mass is 10.2. The zero-order chi connectivity index (χ0) is 21.8. The number of ether oxygens (including phenoxy) is 2. The number of nitrogens with zero attached hydrogens (tertiary/aromatic N) is 1. The summed E-state index contributed by atoms with van der Waals surface area (Å²) in [5.41, 5.74) is 1.18. The summed E-state index contributed by atoms with van der Waals surface area (Å²) < 4.78 is 10.3. The van der Waals surface area contributed by atoms with Crippen molar-refractivity contribution >= 4 is 11.8 Å². The van der Waals surface area contributed by atoms with Crippen molar-refractivity contribution in [3.8, 4) is 11.5 Å². The van der Waals surface area contributed by atoms with Crippen LogP contribution in [0.15, 0.2) is 48.5 Å². The highest BCUT2D eigenvalue weighted by Crippen LogP contribution is 2.13. The van der Waals surface area contributed by atoms with Crippen LogP contribution < -0.4 is 20.1 Å². The van der Waals surface area contributed by atoms with Gasteiger partial charge in [-0.1, -0.05) is 12.1 Å². The third kappa shape index (κ3) is 7.75. The van der Waals surface area contributed by atoms with Gasteiger partial charge in [0.05, 0.1) is 14.2 Å². The third-order valence-corrected chi connectivity index (χ3v) is 4.67. The molecule has 0 aliphatic rings. The fraction of sp³-hybridized carbons (Fsp3) is 0.391. The minimum atomic E-state index is -0.100. The predicted molar refractivity (Wildman–Crippen MR) is 117 cm³/mol. The van der Waals surface area contributed by atoms with E-state index in [4.69, 9.17) is 9.47 Å². The lowest BCUT2D eigenvalue weighted by Crippen LogP contribution is -2.30. The molecule has 0 saturated carbocycles. The Labute approximate surface area is 178 Å². The molecule has 2 rings (SSSR count). The summed E-state index contributed by atoms with van der Waals surface area (Å²) >= 11 is 0. The van der Waals surface area contributed by atoms with Crippen LogP contribution >= 0.6 is 0 Å². The molecule has 30 heavy (non-hydrogen) atoms. The third-order valence-electron chi connectivity index (χ3n) is 4.67. The van der Waals surface area contributed by atoms with Crippen LogP contribution in [0, 0.1) is 0 Å². The highest BCUT2D eigenvalue weighted by Gasteiger charge is 2.08. The second-order valence-corrected chi connectivity index (χ2v) is 6.99. The summed E-state index contributed by atoms with van der Waals surface area (Å²) in [6.45, 7) is 2.93. The molecule has 0 spiro atoms. The van der Waals surface area contributed by atoms with Crippen LogP contribution in [-0.4, -0.2) is 64.2 Å². The molecular weight excluding hydrogens is 382 g/mol. The molecule has 162 valence electrons. The van der Waals surface area contributed by atoms with Crippen molar-refractivity contribution in [1.29, 1.82) is 0 Å². The minimum Gasteiger partial charge on any atom is -0.497 e. The summed E-state index contributed by atoms with van der Waals surface area (Å²) in [7, 11) is 5.20. The summed E-state index contributed by atoms with van der Waals surface area (Å²) in [6, 6.07) is 14.2. The van der Waals surface area contributed by atoms with Gasteiger partial charge in [0.25, 0.3) is 11.8 Å². The summed E-state index contributed by atoms with van der Waals surface area (Å²) in [4.78, 5) is 26.5. The molecule has 0 fully saturated rings. The van der Waals surface area contributed by atoms with E-state index in [2.05, 4.69) is 15.5 Å². The van der Waals surface area contributed by atoms with Gasteiger partial charge < -0.3 is 25.0 Å². The molecule has 7 heteroatoms. The summed E-state index contributed by atoms with van der Waals surface area (Å²) in [6.07, 6.45) is 1.70. The quantitative estimate of drug-likeness (QED) is 0.523. The first-order valence-corrected chi connectivity index (χ1v) is 10.1. The zero-order valence-corrected chi connectivity index (χ0v) is 17.9. The van der Waals surface area contributed by atoms with Crippen LogP contribution in [0.1, 0.15) is 33.6 Å². The van der Waals surface area contributed by atoms with Gasteiger partial charge in [0.15, 0.2) is 0 Å². The summed E-state index contributed by atoms with van der Waals surface area (Å²) in [5, 5.41) is 5.85. The smallest absolute Gasteiger partial charge is 0.251 e. The fourth-order valence-corrected chi connectivity index (χ4v) is 2.95. The Morgan fingerprint density at radius 1 is 0.800 bits per heavy atom. The molecule has 0 atom stereocenters. The number of rotatable bonds is 12. The van der Waals surface area contributed by atoms with Crippen molar-refractivity contribution in [3.05, 3.63) is 59.7 Å². The van der Waals surface area contributed by atoms with Crippen LogP contribution in [-0.2, 0) is 0 Å². The van der Waals surface area contributed by atoms with Gasteiger partial charge >= 0.3 is 0 Å². The van der Waals surface area contributed by atoms with Gasteiger partial charge in [0.2, 0.25) is 0 Å². The topological polar surface area (TPSA) is 79.9 Å². The van der Waals surface area contributed by atoms with Gasteiger partial charge in [-0.15, -0.1) is 0 Å². The maximum absolute atomic E-state index is 12.2. The number of amides is 2. The van der Waals surface area contributed by atoms with Gasteiger partial charge in [0, 0.05) is 24.2 Å². The average Bonchev–Trinajstić information content (AvgIpc) is 2.79. The molecule has 0 radical (unpaired) electrons. The van der Waals surface area contributed by atoms with E-state index in [-0.39, 0.29) is 11.8 Å². The molecule has 0 bridgehead atoms. The molecule has 2 amide bonds. The predicted octanol–water partition coefficient (Wildman–Crippen LogP) is 2.58. The lowest BCUT2D eigenvalue weighted by molar-refractivity contribution is 0.0945. The number of hydrogen-bond acceptors (Lipinski definition) is 5. The molecule has 0 aliphatic heterocycles.